The highest BCUT2D eigenvalue weighted by Crippen LogP contribution is 2.34. The van der Waals surface area contributed by atoms with Crippen LogP contribution in [0, 0.1) is 0 Å². The molecule has 0 aliphatic carbocycles. The molecule has 3 N–H and O–H groups in total. The Labute approximate surface area is 214 Å². The summed E-state index contributed by atoms with van der Waals surface area (Å²) in [5.74, 6) is -0.475. The first-order valence-electron chi connectivity index (χ1n) is 11.1. The Morgan fingerprint density at radius 2 is 1.94 bits per heavy atom. The molecule has 0 spiro atoms. The highest BCUT2D eigenvalue weighted by atomic mass is 35.5. The molecular formula is C23H24Cl2F3N5O3. The van der Waals surface area contributed by atoms with Crippen molar-refractivity contribution in [2.24, 2.45) is 0 Å². The van der Waals surface area contributed by atoms with Crippen LogP contribution >= 0.6 is 23.2 Å². The van der Waals surface area contributed by atoms with Gasteiger partial charge >= 0.3 is 6.18 Å². The van der Waals surface area contributed by atoms with Crippen molar-refractivity contribution >= 4 is 45.7 Å². The maximum Gasteiger partial charge on any atom is 0.433 e. The number of hydrogen-bond donors (Lipinski definition) is 3. The van der Waals surface area contributed by atoms with E-state index in [9.17, 15) is 23.1 Å². The second kappa shape index (κ2) is 10.0. The number of alkyl halides is 3. The van der Waals surface area contributed by atoms with E-state index < -0.39 is 35.5 Å². The lowest BCUT2D eigenvalue weighted by Crippen LogP contribution is -2.47. The fraction of sp³-hybridized carbons (Fsp3) is 0.435. The predicted molar refractivity (Wildman–Crippen MR) is 129 cm³/mol. The first-order valence-corrected chi connectivity index (χ1v) is 11.8. The average molecular weight is 546 g/mol. The van der Waals surface area contributed by atoms with Gasteiger partial charge in [0.2, 0.25) is 0 Å². The molecule has 3 aromatic rings. The predicted octanol–water partition coefficient (Wildman–Crippen LogP) is 4.53. The van der Waals surface area contributed by atoms with Crippen LogP contribution in [0.3, 0.4) is 0 Å². The van der Waals surface area contributed by atoms with Gasteiger partial charge in [-0.3, -0.25) is 9.48 Å². The van der Waals surface area contributed by atoms with E-state index in [1.807, 2.05) is 0 Å². The largest absolute Gasteiger partial charge is 0.433 e. The second-order valence-corrected chi connectivity index (χ2v) is 10.1. The van der Waals surface area contributed by atoms with E-state index in [0.29, 0.717) is 16.8 Å². The van der Waals surface area contributed by atoms with Crippen molar-refractivity contribution in [2.75, 3.05) is 18.5 Å². The van der Waals surface area contributed by atoms with Gasteiger partial charge in [-0.1, -0.05) is 23.2 Å². The minimum Gasteiger partial charge on any atom is -0.389 e. The molecule has 1 aliphatic heterocycles. The summed E-state index contributed by atoms with van der Waals surface area (Å²) in [6, 6.07) is 4.56. The topological polar surface area (TPSA) is 101 Å². The van der Waals surface area contributed by atoms with Crippen molar-refractivity contribution in [1.29, 1.82) is 0 Å². The fourth-order valence-corrected chi connectivity index (χ4v) is 4.41. The number of nitrogens with zero attached hydrogens (tertiary/aromatic N) is 3. The van der Waals surface area contributed by atoms with Gasteiger partial charge in [0.25, 0.3) is 5.91 Å². The number of hydrogen-bond acceptors (Lipinski definition) is 6. The first kappa shape index (κ1) is 26.5. The van der Waals surface area contributed by atoms with Gasteiger partial charge in [-0.15, -0.1) is 0 Å². The Kier molecular flexibility index (Phi) is 7.38. The van der Waals surface area contributed by atoms with Crippen LogP contribution < -0.4 is 10.6 Å². The summed E-state index contributed by atoms with van der Waals surface area (Å²) in [4.78, 5) is 16.5. The molecule has 1 aliphatic rings. The number of pyridine rings is 1. The molecule has 1 fully saturated rings. The van der Waals surface area contributed by atoms with Crippen molar-refractivity contribution in [1.82, 2.24) is 20.1 Å². The summed E-state index contributed by atoms with van der Waals surface area (Å²) in [5.41, 5.74) is -1.57. The molecule has 36 heavy (non-hydrogen) atoms. The summed E-state index contributed by atoms with van der Waals surface area (Å²) >= 11 is 12.2. The molecule has 2 aromatic heterocycles. The molecule has 1 aromatic carbocycles. The summed E-state index contributed by atoms with van der Waals surface area (Å²) < 4.78 is 47.3. The fourth-order valence-electron chi connectivity index (χ4n) is 4.01. The molecular weight excluding hydrogens is 522 g/mol. The number of carbonyl (C=O) groups excluding carboxylic acids is 1. The SMILES string of the molecule is CC(C)(O)Cn1cc(C(=O)N[C@@H]2COC[C@@H](Nc3cc(C(F)(F)F)nc4ccc(Cl)cc34)C2)c(Cl)n1. The van der Waals surface area contributed by atoms with Gasteiger partial charge in [0.15, 0.2) is 5.15 Å². The van der Waals surface area contributed by atoms with E-state index in [1.54, 1.807) is 19.9 Å². The lowest BCUT2D eigenvalue weighted by Gasteiger charge is -2.31. The number of carbonyl (C=O) groups is 1. The monoisotopic (exact) mass is 545 g/mol. The molecule has 194 valence electrons. The molecule has 0 saturated carbocycles. The standard InChI is InChI=1S/C23H24Cl2F3N5O3/c1-22(2,35)11-33-8-16(20(25)32-33)21(34)30-14-6-13(9-36-10-14)29-18-7-19(23(26,27)28)31-17-4-3-12(24)5-15(17)18/h3-5,7-8,13-14,35H,6,9-11H2,1-2H3,(H,29,31)(H,30,34)/t13-,14-/m0/s1. The van der Waals surface area contributed by atoms with Crippen LogP contribution in [0.4, 0.5) is 18.9 Å². The van der Waals surface area contributed by atoms with Crippen LogP contribution in [-0.4, -0.2) is 56.7 Å². The summed E-state index contributed by atoms with van der Waals surface area (Å²) in [6.45, 7) is 3.79. The van der Waals surface area contributed by atoms with E-state index in [-0.39, 0.29) is 41.7 Å². The van der Waals surface area contributed by atoms with Gasteiger partial charge in [-0.25, -0.2) is 4.98 Å². The Morgan fingerprint density at radius 1 is 1.22 bits per heavy atom. The Bertz CT molecular complexity index is 1280. The number of anilines is 1. The minimum absolute atomic E-state index is 0.0111. The van der Waals surface area contributed by atoms with Gasteiger partial charge in [-0.2, -0.15) is 18.3 Å². The molecule has 4 rings (SSSR count). The van der Waals surface area contributed by atoms with Crippen LogP contribution in [0.1, 0.15) is 36.3 Å². The maximum atomic E-state index is 13.4. The molecule has 0 bridgehead atoms. The quantitative estimate of drug-likeness (QED) is 0.420. The zero-order valence-electron chi connectivity index (χ0n) is 19.4. The van der Waals surface area contributed by atoms with Crippen LogP contribution in [0.25, 0.3) is 10.9 Å². The molecule has 2 atom stereocenters. The number of aromatic nitrogens is 3. The van der Waals surface area contributed by atoms with Crippen molar-refractivity contribution in [3.8, 4) is 0 Å². The molecule has 3 heterocycles. The van der Waals surface area contributed by atoms with Crippen LogP contribution in [0.15, 0.2) is 30.5 Å². The number of amides is 1. The Balaban J connectivity index is 1.49. The zero-order chi connectivity index (χ0) is 26.3. The lowest BCUT2D eigenvalue weighted by atomic mass is 10.0. The Morgan fingerprint density at radius 3 is 2.64 bits per heavy atom. The minimum atomic E-state index is -4.63. The smallest absolute Gasteiger partial charge is 0.389 e. The lowest BCUT2D eigenvalue weighted by molar-refractivity contribution is -0.140. The maximum absolute atomic E-state index is 13.4. The van der Waals surface area contributed by atoms with Crippen molar-refractivity contribution in [3.63, 3.8) is 0 Å². The van der Waals surface area contributed by atoms with E-state index >= 15 is 0 Å². The van der Waals surface area contributed by atoms with E-state index in [4.69, 9.17) is 27.9 Å². The normalized spacial score (nSPS) is 18.9. The summed E-state index contributed by atoms with van der Waals surface area (Å²) in [6.07, 6.45) is -2.80. The molecule has 13 heteroatoms. The molecule has 1 amide bonds. The number of fused-ring (bicyclic) bond motifs is 1. The van der Waals surface area contributed by atoms with E-state index in [1.165, 1.54) is 23.0 Å². The third-order valence-electron chi connectivity index (χ3n) is 5.47. The van der Waals surface area contributed by atoms with Gasteiger partial charge in [-0.05, 0) is 44.5 Å². The second-order valence-electron chi connectivity index (χ2n) is 9.34. The number of ether oxygens (including phenoxy) is 1. The van der Waals surface area contributed by atoms with E-state index in [0.717, 1.165) is 6.07 Å². The van der Waals surface area contributed by atoms with Crippen molar-refractivity contribution in [3.05, 3.63) is 51.9 Å². The van der Waals surface area contributed by atoms with Gasteiger partial charge in [0, 0.05) is 22.3 Å². The van der Waals surface area contributed by atoms with Crippen LogP contribution in [0.5, 0.6) is 0 Å². The highest BCUT2D eigenvalue weighted by Gasteiger charge is 2.34. The van der Waals surface area contributed by atoms with Crippen molar-refractivity contribution < 1.29 is 27.8 Å². The highest BCUT2D eigenvalue weighted by molar-refractivity contribution is 6.32. The number of benzene rings is 1. The van der Waals surface area contributed by atoms with Gasteiger partial charge in [0.1, 0.15) is 5.69 Å². The molecule has 8 nitrogen and oxygen atoms in total. The van der Waals surface area contributed by atoms with Crippen LogP contribution in [-0.2, 0) is 17.5 Å². The number of aliphatic hydroxyl groups is 1. The van der Waals surface area contributed by atoms with E-state index in [2.05, 4.69) is 20.7 Å². The summed E-state index contributed by atoms with van der Waals surface area (Å²) in [7, 11) is 0. The number of halogens is 5. The number of nitrogens with one attached hydrogen (secondary N) is 2. The van der Waals surface area contributed by atoms with Crippen LogP contribution in [0.2, 0.25) is 10.2 Å². The first-order chi connectivity index (χ1) is 16.8. The third kappa shape index (κ3) is 6.39. The zero-order valence-corrected chi connectivity index (χ0v) is 20.9. The third-order valence-corrected chi connectivity index (χ3v) is 5.99. The molecule has 0 unspecified atom stereocenters. The molecule has 0 radical (unpaired) electrons. The van der Waals surface area contributed by atoms with Crippen molar-refractivity contribution in [2.45, 2.75) is 50.7 Å². The van der Waals surface area contributed by atoms with Gasteiger partial charge in [0.05, 0.1) is 48.5 Å². The molecule has 1 saturated heterocycles. The van der Waals surface area contributed by atoms with Gasteiger partial charge < -0.3 is 20.5 Å². The Hall–Kier alpha value is -2.60. The average Bonchev–Trinajstić information content (AvgIpc) is 3.12. The summed E-state index contributed by atoms with van der Waals surface area (Å²) in [5, 5.41) is 20.7. The number of rotatable bonds is 6.